The Balaban J connectivity index is 1.42. The number of nitrogens with one attached hydrogen (secondary N) is 3. The van der Waals surface area contributed by atoms with E-state index in [1.165, 1.54) is 42.6 Å². The molecule has 0 radical (unpaired) electrons. The summed E-state index contributed by atoms with van der Waals surface area (Å²) >= 11 is 12.2. The zero-order valence-electron chi connectivity index (χ0n) is 18.4. The number of aromatic nitrogens is 4. The minimum atomic E-state index is -0.648. The van der Waals surface area contributed by atoms with Crippen LogP contribution in [0.3, 0.4) is 0 Å². The van der Waals surface area contributed by atoms with Crippen molar-refractivity contribution in [2.24, 2.45) is 0 Å². The van der Waals surface area contributed by atoms with Gasteiger partial charge in [0.15, 0.2) is 10.8 Å². The average Bonchev–Trinajstić information content (AvgIpc) is 3.47. The molecule has 4 aromatic heterocycles. The third kappa shape index (κ3) is 5.69. The first-order valence-corrected chi connectivity index (χ1v) is 10.8. The van der Waals surface area contributed by atoms with Crippen molar-refractivity contribution < 1.29 is 23.6 Å². The average molecular weight is 520 g/mol. The molecule has 0 spiro atoms. The number of furan rings is 1. The Morgan fingerprint density at radius 1 is 1.20 bits per heavy atom. The number of ether oxygens (including phenoxy) is 1. The van der Waals surface area contributed by atoms with Gasteiger partial charge in [-0.2, -0.15) is 5.10 Å². The molecular weight excluding hydrogens is 501 g/mol. The number of hydroxylamine groups is 1. The van der Waals surface area contributed by atoms with Gasteiger partial charge in [0.25, 0.3) is 5.91 Å². The number of hydrogen-bond acceptors (Lipinski definition) is 8. The number of rotatable bonds is 8. The molecular formula is C21H19Cl2N7O5. The first-order chi connectivity index (χ1) is 16.9. The summed E-state index contributed by atoms with van der Waals surface area (Å²) in [5.41, 5.74) is 4.55. The molecule has 14 heteroatoms. The summed E-state index contributed by atoms with van der Waals surface area (Å²) in [6.07, 6.45) is 5.29. The van der Waals surface area contributed by atoms with Gasteiger partial charge in [-0.1, -0.05) is 23.2 Å². The van der Waals surface area contributed by atoms with Crippen molar-refractivity contribution in [2.75, 3.05) is 17.7 Å². The highest BCUT2D eigenvalue weighted by atomic mass is 35.5. The van der Waals surface area contributed by atoms with Crippen LogP contribution in [0.5, 0.6) is 0 Å². The second kappa shape index (κ2) is 10.7. The fourth-order valence-electron chi connectivity index (χ4n) is 3.09. The van der Waals surface area contributed by atoms with Crippen LogP contribution in [0.4, 0.5) is 16.2 Å². The maximum atomic E-state index is 12.6. The van der Waals surface area contributed by atoms with Gasteiger partial charge in [-0.05, 0) is 19.1 Å². The van der Waals surface area contributed by atoms with Crippen molar-refractivity contribution in [1.82, 2.24) is 25.1 Å². The maximum absolute atomic E-state index is 12.6. The zero-order valence-corrected chi connectivity index (χ0v) is 19.9. The fourth-order valence-corrected chi connectivity index (χ4v) is 3.51. The van der Waals surface area contributed by atoms with E-state index in [-0.39, 0.29) is 28.2 Å². The van der Waals surface area contributed by atoms with Crippen molar-refractivity contribution in [1.29, 1.82) is 0 Å². The summed E-state index contributed by atoms with van der Waals surface area (Å²) in [4.78, 5) is 38.3. The molecule has 0 unspecified atom stereocenters. The lowest BCUT2D eigenvalue weighted by atomic mass is 10.2. The molecule has 182 valence electrons. The highest BCUT2D eigenvalue weighted by molar-refractivity contribution is 6.33. The van der Waals surface area contributed by atoms with Gasteiger partial charge in [0, 0.05) is 18.7 Å². The number of urea groups is 1. The van der Waals surface area contributed by atoms with Gasteiger partial charge in [0.1, 0.15) is 12.3 Å². The molecule has 3 N–H and O–H groups in total. The highest BCUT2D eigenvalue weighted by Crippen LogP contribution is 2.27. The van der Waals surface area contributed by atoms with Crippen molar-refractivity contribution in [3.05, 3.63) is 70.2 Å². The molecule has 0 aliphatic heterocycles. The molecule has 0 saturated carbocycles. The summed E-state index contributed by atoms with van der Waals surface area (Å²) in [5.74, 6) is -0.648. The molecule has 12 nitrogen and oxygen atoms in total. The van der Waals surface area contributed by atoms with Crippen LogP contribution in [0.15, 0.2) is 47.5 Å². The Morgan fingerprint density at radius 2 is 2.03 bits per heavy atom. The van der Waals surface area contributed by atoms with E-state index in [1.807, 2.05) is 0 Å². The smallest absolute Gasteiger partial charge is 0.323 e. The Morgan fingerprint density at radius 3 is 2.74 bits per heavy atom. The fraction of sp³-hybridized carbons (Fsp3) is 0.190. The molecule has 0 aliphatic rings. The van der Waals surface area contributed by atoms with Crippen LogP contribution in [0.2, 0.25) is 10.2 Å². The van der Waals surface area contributed by atoms with Crippen LogP contribution < -0.4 is 16.1 Å². The second-order valence-electron chi connectivity index (χ2n) is 7.16. The number of nitrogens with zero attached hydrogens (tertiary/aromatic N) is 4. The molecule has 1 atom stereocenters. The molecule has 4 aromatic rings. The van der Waals surface area contributed by atoms with E-state index in [4.69, 9.17) is 37.2 Å². The lowest BCUT2D eigenvalue weighted by Gasteiger charge is -2.17. The third-order valence-corrected chi connectivity index (χ3v) is 5.25. The Kier molecular flexibility index (Phi) is 7.46. The van der Waals surface area contributed by atoms with Gasteiger partial charge < -0.3 is 19.8 Å². The molecule has 4 heterocycles. The molecule has 3 amide bonds. The third-order valence-electron chi connectivity index (χ3n) is 4.78. The molecule has 0 fully saturated rings. The minimum absolute atomic E-state index is 0.00942. The Hall–Kier alpha value is -3.71. The number of carbonyl (C=O) groups is 2. The summed E-state index contributed by atoms with van der Waals surface area (Å²) < 4.78 is 11.8. The van der Waals surface area contributed by atoms with Gasteiger partial charge >= 0.3 is 6.03 Å². The number of carbonyl (C=O) groups excluding carboxylic acids is 2. The summed E-state index contributed by atoms with van der Waals surface area (Å²) in [6, 6.07) is 4.06. The summed E-state index contributed by atoms with van der Waals surface area (Å²) in [7, 11) is 1.53. The lowest BCUT2D eigenvalue weighted by molar-refractivity contribution is 0.0228. The van der Waals surface area contributed by atoms with Crippen molar-refractivity contribution in [3.63, 3.8) is 0 Å². The normalized spacial score (nSPS) is 11.9. The van der Waals surface area contributed by atoms with Crippen LogP contribution in [0.1, 0.15) is 34.8 Å². The molecule has 0 bridgehead atoms. The number of anilines is 2. The maximum Gasteiger partial charge on any atom is 0.323 e. The SMILES string of the molecule is CO[C@@H](C)c1c(NC(=O)Nc2cnc(C(=O)NOCc3ccoc3)c(Cl)c2)cnc2cc(Cl)nn12. The number of methoxy groups -OCH3 is 1. The number of amides is 3. The first kappa shape index (κ1) is 24.4. The van der Waals surface area contributed by atoms with E-state index >= 15 is 0 Å². The van der Waals surface area contributed by atoms with Crippen LogP contribution >= 0.6 is 23.2 Å². The standard InChI is InChI=1S/C21H19Cl2N7O5/c1-11(33-2)19-15(8-24-17-6-16(23)28-30(17)19)27-21(32)26-13-5-14(22)18(25-7-13)20(31)29-35-10-12-3-4-34-9-12/h3-9,11H,10H2,1-2H3,(H,29,31)(H2,26,27,32)/t11-/m0/s1. The van der Waals surface area contributed by atoms with Crippen LogP contribution in [0, 0.1) is 0 Å². The van der Waals surface area contributed by atoms with E-state index in [2.05, 4.69) is 31.2 Å². The van der Waals surface area contributed by atoms with Crippen molar-refractivity contribution in [2.45, 2.75) is 19.6 Å². The first-order valence-electron chi connectivity index (χ1n) is 10.1. The van der Waals surface area contributed by atoms with E-state index in [0.717, 1.165) is 5.56 Å². The highest BCUT2D eigenvalue weighted by Gasteiger charge is 2.20. The van der Waals surface area contributed by atoms with E-state index in [0.29, 0.717) is 17.0 Å². The molecule has 35 heavy (non-hydrogen) atoms. The number of halogens is 2. The summed E-state index contributed by atoms with van der Waals surface area (Å²) in [6.45, 7) is 1.90. The van der Waals surface area contributed by atoms with E-state index in [1.54, 1.807) is 19.1 Å². The van der Waals surface area contributed by atoms with Crippen LogP contribution in [-0.2, 0) is 16.2 Å². The predicted molar refractivity (Wildman–Crippen MR) is 126 cm³/mol. The van der Waals surface area contributed by atoms with Gasteiger partial charge in [-0.25, -0.2) is 24.8 Å². The molecule has 0 aromatic carbocycles. The van der Waals surface area contributed by atoms with Gasteiger partial charge in [-0.15, -0.1) is 0 Å². The van der Waals surface area contributed by atoms with Gasteiger partial charge in [0.2, 0.25) is 0 Å². The molecule has 0 aliphatic carbocycles. The van der Waals surface area contributed by atoms with E-state index in [9.17, 15) is 9.59 Å². The predicted octanol–water partition coefficient (Wildman–Crippen LogP) is 4.24. The largest absolute Gasteiger partial charge is 0.472 e. The topological polar surface area (TPSA) is 145 Å². The number of pyridine rings is 1. The number of fused-ring (bicyclic) bond motifs is 1. The molecule has 4 rings (SSSR count). The Bertz CT molecular complexity index is 1360. The van der Waals surface area contributed by atoms with Crippen LogP contribution in [-0.4, -0.2) is 38.6 Å². The quantitative estimate of drug-likeness (QED) is 0.293. The monoisotopic (exact) mass is 519 g/mol. The van der Waals surface area contributed by atoms with Crippen LogP contribution in [0.25, 0.3) is 5.65 Å². The Labute approximate surface area is 208 Å². The van der Waals surface area contributed by atoms with E-state index < -0.39 is 18.0 Å². The molecule has 0 saturated heterocycles. The van der Waals surface area contributed by atoms with Gasteiger partial charge in [0.05, 0.1) is 53.1 Å². The van der Waals surface area contributed by atoms with Crippen molar-refractivity contribution in [3.8, 4) is 0 Å². The van der Waals surface area contributed by atoms with Gasteiger partial charge in [-0.3, -0.25) is 9.63 Å². The minimum Gasteiger partial charge on any atom is -0.472 e. The van der Waals surface area contributed by atoms with Crippen molar-refractivity contribution >= 4 is 52.2 Å². The summed E-state index contributed by atoms with van der Waals surface area (Å²) in [5, 5.41) is 9.76. The number of hydrogen-bond donors (Lipinski definition) is 3. The zero-order chi connectivity index (χ0) is 24.9. The lowest BCUT2D eigenvalue weighted by Crippen LogP contribution is -2.25. The second-order valence-corrected chi connectivity index (χ2v) is 7.95.